The van der Waals surface area contributed by atoms with Gasteiger partial charge in [-0.15, -0.1) is 10.2 Å². The van der Waals surface area contributed by atoms with Crippen molar-refractivity contribution in [2.45, 2.75) is 49.5 Å². The molecule has 2 aromatic heterocycles. The zero-order valence-electron chi connectivity index (χ0n) is 13.7. The van der Waals surface area contributed by atoms with Crippen molar-refractivity contribution >= 4 is 34.1 Å². The van der Waals surface area contributed by atoms with Gasteiger partial charge in [-0.25, -0.2) is 0 Å². The molecule has 1 aliphatic heterocycles. The van der Waals surface area contributed by atoms with Crippen LogP contribution in [0.2, 0.25) is 0 Å². The maximum absolute atomic E-state index is 12.5. The smallest absolute Gasteiger partial charge is 0.233 e. The topological polar surface area (TPSA) is 71.3 Å². The first-order chi connectivity index (χ1) is 11.8. The molecule has 1 atom stereocenters. The van der Waals surface area contributed by atoms with Crippen molar-refractivity contribution in [2.24, 2.45) is 0 Å². The second-order valence-electron chi connectivity index (χ2n) is 5.74. The van der Waals surface area contributed by atoms with Gasteiger partial charge in [-0.1, -0.05) is 30.0 Å². The molecule has 8 heteroatoms. The van der Waals surface area contributed by atoms with E-state index in [1.165, 1.54) is 29.5 Å². The van der Waals surface area contributed by atoms with Gasteiger partial charge in [-0.3, -0.25) is 4.79 Å². The maximum Gasteiger partial charge on any atom is 0.233 e. The third-order valence-electron chi connectivity index (χ3n) is 4.14. The van der Waals surface area contributed by atoms with Crippen LogP contribution < -0.4 is 5.32 Å². The average molecular weight is 367 g/mol. The molecule has 0 saturated carbocycles. The third kappa shape index (κ3) is 4.51. The molecule has 1 N–H and O–H groups in total. The number of furan rings is 1. The summed E-state index contributed by atoms with van der Waals surface area (Å²) in [5.41, 5.74) is 0. The van der Waals surface area contributed by atoms with Gasteiger partial charge in [-0.05, 0) is 37.8 Å². The fourth-order valence-corrected chi connectivity index (χ4v) is 4.51. The van der Waals surface area contributed by atoms with Gasteiger partial charge in [0, 0.05) is 12.6 Å². The highest BCUT2D eigenvalue weighted by atomic mass is 32.2. The van der Waals surface area contributed by atoms with Gasteiger partial charge in [0.15, 0.2) is 4.34 Å². The molecule has 1 amide bonds. The van der Waals surface area contributed by atoms with E-state index in [1.807, 2.05) is 17.0 Å². The highest BCUT2D eigenvalue weighted by molar-refractivity contribution is 8.01. The van der Waals surface area contributed by atoms with E-state index in [2.05, 4.69) is 22.4 Å². The Labute approximate surface area is 150 Å². The molecule has 0 spiro atoms. The molecule has 2 aromatic rings. The molecule has 1 saturated heterocycles. The monoisotopic (exact) mass is 366 g/mol. The molecule has 0 bridgehead atoms. The Bertz CT molecular complexity index is 644. The molecule has 0 radical (unpaired) electrons. The zero-order valence-corrected chi connectivity index (χ0v) is 15.4. The quantitative estimate of drug-likeness (QED) is 0.755. The zero-order chi connectivity index (χ0) is 16.8. The Morgan fingerprint density at radius 2 is 2.42 bits per heavy atom. The summed E-state index contributed by atoms with van der Waals surface area (Å²) in [6.45, 7) is 3.63. The van der Waals surface area contributed by atoms with Gasteiger partial charge in [0.25, 0.3) is 0 Å². The lowest BCUT2D eigenvalue weighted by Crippen LogP contribution is -2.44. The van der Waals surface area contributed by atoms with E-state index in [4.69, 9.17) is 4.42 Å². The third-order valence-corrected chi connectivity index (χ3v) is 6.14. The lowest BCUT2D eigenvalue weighted by molar-refractivity contribution is -0.132. The first-order valence-corrected chi connectivity index (χ1v) is 10.1. The van der Waals surface area contributed by atoms with E-state index in [0.717, 1.165) is 41.0 Å². The summed E-state index contributed by atoms with van der Waals surface area (Å²) in [5.74, 6) is 1.50. The predicted molar refractivity (Wildman–Crippen MR) is 96.3 cm³/mol. The van der Waals surface area contributed by atoms with Crippen molar-refractivity contribution in [3.63, 3.8) is 0 Å². The summed E-state index contributed by atoms with van der Waals surface area (Å²) in [4.78, 5) is 14.5. The summed E-state index contributed by atoms with van der Waals surface area (Å²) in [7, 11) is 0. The van der Waals surface area contributed by atoms with Crippen molar-refractivity contribution in [3.05, 3.63) is 24.2 Å². The van der Waals surface area contributed by atoms with Crippen LogP contribution in [0.4, 0.5) is 5.13 Å². The lowest BCUT2D eigenvalue weighted by atomic mass is 10.0. The second kappa shape index (κ2) is 8.53. The maximum atomic E-state index is 12.5. The molecule has 0 aliphatic carbocycles. The van der Waals surface area contributed by atoms with E-state index in [1.54, 1.807) is 6.26 Å². The van der Waals surface area contributed by atoms with Gasteiger partial charge in [-0.2, -0.15) is 0 Å². The lowest BCUT2D eigenvalue weighted by Gasteiger charge is -2.35. The molecule has 3 rings (SSSR count). The van der Waals surface area contributed by atoms with E-state index in [0.29, 0.717) is 18.3 Å². The number of piperidine rings is 1. The number of anilines is 1. The highest BCUT2D eigenvalue weighted by Crippen LogP contribution is 2.27. The van der Waals surface area contributed by atoms with Crippen LogP contribution in [0.25, 0.3) is 0 Å². The van der Waals surface area contributed by atoms with Gasteiger partial charge in [0.05, 0.1) is 18.6 Å². The van der Waals surface area contributed by atoms with Crippen LogP contribution in [0, 0.1) is 0 Å². The van der Waals surface area contributed by atoms with Crippen LogP contribution in [0.5, 0.6) is 0 Å². The number of nitrogens with one attached hydrogen (secondary N) is 1. The van der Waals surface area contributed by atoms with Crippen LogP contribution in [-0.2, 0) is 11.3 Å². The number of likely N-dealkylation sites (tertiary alicyclic amines) is 1. The van der Waals surface area contributed by atoms with Crippen molar-refractivity contribution in [1.29, 1.82) is 0 Å². The van der Waals surface area contributed by atoms with Gasteiger partial charge < -0.3 is 14.6 Å². The summed E-state index contributed by atoms with van der Waals surface area (Å²) >= 11 is 2.94. The summed E-state index contributed by atoms with van der Waals surface area (Å²) < 4.78 is 6.08. The second-order valence-corrected chi connectivity index (χ2v) is 7.94. The van der Waals surface area contributed by atoms with Gasteiger partial charge >= 0.3 is 0 Å². The minimum absolute atomic E-state index is 0.215. The van der Waals surface area contributed by atoms with E-state index >= 15 is 0 Å². The molecule has 24 heavy (non-hydrogen) atoms. The number of hydrogen-bond donors (Lipinski definition) is 1. The number of aromatic nitrogens is 2. The van der Waals surface area contributed by atoms with E-state index in [9.17, 15) is 4.79 Å². The molecule has 3 heterocycles. The summed E-state index contributed by atoms with van der Waals surface area (Å²) in [6.07, 6.45) is 6.17. The number of carbonyl (C=O) groups is 1. The molecule has 6 nitrogen and oxygen atoms in total. The van der Waals surface area contributed by atoms with Crippen molar-refractivity contribution in [3.8, 4) is 0 Å². The largest absolute Gasteiger partial charge is 0.467 e. The van der Waals surface area contributed by atoms with Crippen LogP contribution in [-0.4, -0.2) is 39.3 Å². The van der Waals surface area contributed by atoms with Crippen molar-refractivity contribution in [2.75, 3.05) is 17.6 Å². The van der Waals surface area contributed by atoms with Crippen LogP contribution in [0.1, 0.15) is 38.4 Å². The SMILES string of the molecule is CC[C@@H]1CCCCN1C(=O)CSc1nnc(NCc2ccco2)s1. The number of thioether (sulfide) groups is 1. The summed E-state index contributed by atoms with van der Waals surface area (Å²) in [6, 6.07) is 4.17. The van der Waals surface area contributed by atoms with Crippen molar-refractivity contribution in [1.82, 2.24) is 15.1 Å². The fourth-order valence-electron chi connectivity index (χ4n) is 2.88. The fraction of sp³-hybridized carbons (Fsp3) is 0.562. The molecule has 1 aliphatic rings. The van der Waals surface area contributed by atoms with Crippen LogP contribution >= 0.6 is 23.1 Å². The molecular formula is C16H22N4O2S2. The Balaban J connectivity index is 1.47. The molecule has 130 valence electrons. The summed E-state index contributed by atoms with van der Waals surface area (Å²) in [5, 5.41) is 12.2. The number of hydrogen-bond acceptors (Lipinski definition) is 7. The predicted octanol–water partition coefficient (Wildman–Crippen LogP) is 3.63. The first-order valence-electron chi connectivity index (χ1n) is 8.28. The van der Waals surface area contributed by atoms with Gasteiger partial charge in [0.2, 0.25) is 11.0 Å². The molecule has 1 fully saturated rings. The standard InChI is InChI=1S/C16H22N4O2S2/c1-2-12-6-3-4-8-20(12)14(21)11-23-16-19-18-15(24-16)17-10-13-7-5-9-22-13/h5,7,9,12H,2-4,6,8,10-11H2,1H3,(H,17,18)/t12-/m1/s1. The Hall–Kier alpha value is -1.54. The van der Waals surface area contributed by atoms with Crippen LogP contribution in [0.3, 0.4) is 0 Å². The molecule has 0 unspecified atom stereocenters. The Morgan fingerprint density at radius 1 is 1.50 bits per heavy atom. The first kappa shape index (κ1) is 17.3. The Morgan fingerprint density at radius 3 is 3.21 bits per heavy atom. The molecular weight excluding hydrogens is 344 g/mol. The van der Waals surface area contributed by atoms with E-state index in [-0.39, 0.29) is 5.91 Å². The van der Waals surface area contributed by atoms with E-state index < -0.39 is 0 Å². The normalized spacial score (nSPS) is 17.9. The minimum Gasteiger partial charge on any atom is -0.467 e. The number of rotatable bonds is 7. The van der Waals surface area contributed by atoms with Crippen molar-refractivity contribution < 1.29 is 9.21 Å². The number of amides is 1. The van der Waals surface area contributed by atoms with Gasteiger partial charge in [0.1, 0.15) is 5.76 Å². The number of nitrogens with zero attached hydrogens (tertiary/aromatic N) is 3. The average Bonchev–Trinajstić information content (AvgIpc) is 3.29. The number of carbonyl (C=O) groups excluding carboxylic acids is 1. The highest BCUT2D eigenvalue weighted by Gasteiger charge is 2.25. The molecule has 0 aromatic carbocycles. The van der Waals surface area contributed by atoms with Crippen LogP contribution in [0.15, 0.2) is 27.2 Å². The Kier molecular flexibility index (Phi) is 6.14. The minimum atomic E-state index is 0.215.